The predicted octanol–water partition coefficient (Wildman–Crippen LogP) is 3.05. The third-order valence-electron chi connectivity index (χ3n) is 4.13. The van der Waals surface area contributed by atoms with E-state index in [0.29, 0.717) is 11.8 Å². The summed E-state index contributed by atoms with van der Waals surface area (Å²) in [6, 6.07) is 0. The summed E-state index contributed by atoms with van der Waals surface area (Å²) in [7, 11) is 0. The number of unbranched alkanes of at least 4 members (excludes halogenated alkanes) is 2. The maximum absolute atomic E-state index is 11.9. The average Bonchev–Trinajstić information content (AvgIpc) is 3.31. The van der Waals surface area contributed by atoms with Crippen molar-refractivity contribution in [2.75, 3.05) is 38.1 Å². The summed E-state index contributed by atoms with van der Waals surface area (Å²) in [5, 5.41) is 1.10. The molecule has 0 aromatic heterocycles. The van der Waals surface area contributed by atoms with E-state index in [9.17, 15) is 4.79 Å². The summed E-state index contributed by atoms with van der Waals surface area (Å²) >= 11 is 3.44. The van der Waals surface area contributed by atoms with Crippen LogP contribution in [0.1, 0.15) is 38.5 Å². The van der Waals surface area contributed by atoms with Crippen LogP contribution in [0.2, 0.25) is 0 Å². The van der Waals surface area contributed by atoms with Gasteiger partial charge in [-0.2, -0.15) is 0 Å². The van der Waals surface area contributed by atoms with Crippen molar-refractivity contribution in [2.24, 2.45) is 5.92 Å². The molecule has 0 atom stereocenters. The van der Waals surface area contributed by atoms with Crippen LogP contribution in [0.5, 0.6) is 0 Å². The Morgan fingerprint density at radius 3 is 2.30 bits per heavy atom. The Morgan fingerprint density at radius 1 is 1.05 bits per heavy atom. The molecule has 0 aromatic carbocycles. The van der Waals surface area contributed by atoms with Gasteiger partial charge in [-0.3, -0.25) is 9.69 Å². The van der Waals surface area contributed by atoms with Gasteiger partial charge in [0, 0.05) is 37.4 Å². The number of allylic oxidation sites excluding steroid dienone is 2. The average molecular weight is 343 g/mol. The summed E-state index contributed by atoms with van der Waals surface area (Å²) in [6.07, 6.45) is 11.7. The van der Waals surface area contributed by atoms with E-state index < -0.39 is 0 Å². The molecule has 2 aliphatic rings. The zero-order valence-corrected chi connectivity index (χ0v) is 14.0. The first-order chi connectivity index (χ1) is 9.81. The molecule has 20 heavy (non-hydrogen) atoms. The van der Waals surface area contributed by atoms with E-state index in [1.807, 2.05) is 0 Å². The minimum absolute atomic E-state index is 0.381. The molecule has 0 bridgehead atoms. The Hall–Kier alpha value is -0.350. The number of halogens is 1. The summed E-state index contributed by atoms with van der Waals surface area (Å²) in [5.41, 5.74) is 0. The lowest BCUT2D eigenvalue weighted by Gasteiger charge is -2.34. The molecule has 0 N–H and O–H groups in total. The molecule has 1 saturated carbocycles. The van der Waals surface area contributed by atoms with Crippen LogP contribution >= 0.6 is 15.9 Å². The van der Waals surface area contributed by atoms with Gasteiger partial charge in [-0.15, -0.1) is 0 Å². The highest BCUT2D eigenvalue weighted by molar-refractivity contribution is 9.09. The Labute approximate surface area is 131 Å². The number of amides is 1. The van der Waals surface area contributed by atoms with E-state index in [1.165, 1.54) is 32.2 Å². The van der Waals surface area contributed by atoms with Gasteiger partial charge in [0.2, 0.25) is 5.91 Å². The molecule has 1 saturated heterocycles. The molecule has 114 valence electrons. The van der Waals surface area contributed by atoms with Crippen LogP contribution in [0.15, 0.2) is 12.2 Å². The van der Waals surface area contributed by atoms with E-state index in [1.54, 1.807) is 0 Å². The fourth-order valence-corrected chi connectivity index (χ4v) is 2.97. The zero-order valence-electron chi connectivity index (χ0n) is 12.4. The Bertz CT molecular complexity index is 320. The zero-order chi connectivity index (χ0) is 14.2. The highest BCUT2D eigenvalue weighted by atomic mass is 79.9. The van der Waals surface area contributed by atoms with E-state index in [2.05, 4.69) is 37.9 Å². The van der Waals surface area contributed by atoms with E-state index in [-0.39, 0.29) is 0 Å². The molecular weight excluding hydrogens is 316 g/mol. The van der Waals surface area contributed by atoms with Gasteiger partial charge in [0.25, 0.3) is 0 Å². The highest BCUT2D eigenvalue weighted by Crippen LogP contribution is 2.31. The van der Waals surface area contributed by atoms with Gasteiger partial charge in [0.15, 0.2) is 0 Å². The Morgan fingerprint density at radius 2 is 1.70 bits per heavy atom. The molecule has 2 fully saturated rings. The number of nitrogens with zero attached hydrogens (tertiary/aromatic N) is 2. The fraction of sp³-hybridized carbons (Fsp3) is 0.812. The van der Waals surface area contributed by atoms with Crippen LogP contribution in [0, 0.1) is 5.92 Å². The summed E-state index contributed by atoms with van der Waals surface area (Å²) in [5.74, 6) is 0.797. The Balaban J connectivity index is 1.51. The first kappa shape index (κ1) is 16.0. The second kappa shape index (κ2) is 8.83. The molecule has 0 aromatic rings. The van der Waals surface area contributed by atoms with Crippen molar-refractivity contribution < 1.29 is 4.79 Å². The lowest BCUT2D eigenvalue weighted by molar-refractivity contribution is -0.134. The molecule has 0 radical (unpaired) electrons. The fourth-order valence-electron chi connectivity index (χ4n) is 2.64. The molecule has 2 rings (SSSR count). The quantitative estimate of drug-likeness (QED) is 0.384. The largest absolute Gasteiger partial charge is 0.340 e. The predicted molar refractivity (Wildman–Crippen MR) is 87.1 cm³/mol. The molecule has 1 heterocycles. The van der Waals surface area contributed by atoms with Crippen molar-refractivity contribution in [3.63, 3.8) is 0 Å². The van der Waals surface area contributed by atoms with Gasteiger partial charge in [-0.1, -0.05) is 28.1 Å². The smallest absolute Gasteiger partial charge is 0.225 e. The van der Waals surface area contributed by atoms with Gasteiger partial charge in [0.1, 0.15) is 0 Å². The number of hydrogen-bond donors (Lipinski definition) is 0. The van der Waals surface area contributed by atoms with E-state index >= 15 is 0 Å². The van der Waals surface area contributed by atoms with Crippen LogP contribution in [0.3, 0.4) is 0 Å². The van der Waals surface area contributed by atoms with Crippen molar-refractivity contribution in [3.05, 3.63) is 12.2 Å². The van der Waals surface area contributed by atoms with Crippen LogP contribution in [-0.2, 0) is 4.79 Å². The standard InChI is InChI=1S/C16H27BrN2O/c17-9-5-3-1-2-4-6-10-18-11-13-19(14-12-18)16(20)15-7-8-15/h1-2,15H,3-14H2/b2-1-. The molecule has 3 nitrogen and oxygen atoms in total. The lowest BCUT2D eigenvalue weighted by atomic mass is 10.2. The van der Waals surface area contributed by atoms with Crippen molar-refractivity contribution in [1.82, 2.24) is 9.80 Å². The second-order valence-electron chi connectivity index (χ2n) is 5.89. The maximum Gasteiger partial charge on any atom is 0.225 e. The lowest BCUT2D eigenvalue weighted by Crippen LogP contribution is -2.49. The first-order valence-electron chi connectivity index (χ1n) is 8.03. The molecule has 0 unspecified atom stereocenters. The van der Waals surface area contributed by atoms with E-state index in [4.69, 9.17) is 0 Å². The molecule has 1 aliphatic carbocycles. The maximum atomic E-state index is 11.9. The van der Waals surface area contributed by atoms with Gasteiger partial charge in [0.05, 0.1) is 0 Å². The first-order valence-corrected chi connectivity index (χ1v) is 9.15. The van der Waals surface area contributed by atoms with Crippen molar-refractivity contribution in [3.8, 4) is 0 Å². The van der Waals surface area contributed by atoms with Gasteiger partial charge >= 0.3 is 0 Å². The summed E-state index contributed by atoms with van der Waals surface area (Å²) in [4.78, 5) is 16.5. The summed E-state index contributed by atoms with van der Waals surface area (Å²) < 4.78 is 0. The highest BCUT2D eigenvalue weighted by Gasteiger charge is 2.34. The van der Waals surface area contributed by atoms with Crippen molar-refractivity contribution in [1.29, 1.82) is 0 Å². The molecular formula is C16H27BrN2O. The monoisotopic (exact) mass is 342 g/mol. The molecule has 1 amide bonds. The minimum atomic E-state index is 0.381. The SMILES string of the molecule is O=C(C1CC1)N1CCN(CCC/C=C\CCCBr)CC1. The number of piperazine rings is 1. The molecule has 4 heteroatoms. The van der Waals surface area contributed by atoms with Gasteiger partial charge in [-0.05, 0) is 45.1 Å². The van der Waals surface area contributed by atoms with Crippen LogP contribution in [0.25, 0.3) is 0 Å². The second-order valence-corrected chi connectivity index (χ2v) is 6.68. The van der Waals surface area contributed by atoms with Crippen LogP contribution < -0.4 is 0 Å². The van der Waals surface area contributed by atoms with Gasteiger partial charge < -0.3 is 4.90 Å². The number of hydrogen-bond acceptors (Lipinski definition) is 2. The number of rotatable bonds is 8. The topological polar surface area (TPSA) is 23.6 Å². The number of carbonyl (C=O) groups excluding carboxylic acids is 1. The van der Waals surface area contributed by atoms with Crippen molar-refractivity contribution >= 4 is 21.8 Å². The van der Waals surface area contributed by atoms with E-state index in [0.717, 1.165) is 44.4 Å². The summed E-state index contributed by atoms with van der Waals surface area (Å²) in [6.45, 7) is 5.18. The number of alkyl halides is 1. The number of carbonyl (C=O) groups is 1. The third kappa shape index (κ3) is 5.57. The molecule has 0 spiro atoms. The Kier molecular flexibility index (Phi) is 7.08. The van der Waals surface area contributed by atoms with Crippen molar-refractivity contribution in [2.45, 2.75) is 38.5 Å². The van der Waals surface area contributed by atoms with Crippen LogP contribution in [-0.4, -0.2) is 53.8 Å². The normalized spacial score (nSPS) is 20.8. The minimum Gasteiger partial charge on any atom is -0.340 e. The van der Waals surface area contributed by atoms with Crippen LogP contribution in [0.4, 0.5) is 0 Å². The third-order valence-corrected chi connectivity index (χ3v) is 4.69. The molecule has 1 aliphatic heterocycles. The van der Waals surface area contributed by atoms with Gasteiger partial charge in [-0.25, -0.2) is 0 Å².